The molecule has 0 aromatic heterocycles. The van der Waals surface area contributed by atoms with Crippen LogP contribution in [0.2, 0.25) is 0 Å². The van der Waals surface area contributed by atoms with Gasteiger partial charge in [-0.3, -0.25) is 14.4 Å². The van der Waals surface area contributed by atoms with E-state index in [1.165, 1.54) is 0 Å². The molecule has 2 saturated carbocycles. The van der Waals surface area contributed by atoms with Crippen molar-refractivity contribution < 1.29 is 28.6 Å². The number of rotatable bonds is 6. The summed E-state index contributed by atoms with van der Waals surface area (Å²) in [4.78, 5) is 40.2. The average Bonchev–Trinajstić information content (AvgIpc) is 2.86. The first kappa shape index (κ1) is 23.3. The van der Waals surface area contributed by atoms with Crippen LogP contribution in [0.3, 0.4) is 0 Å². The Morgan fingerprint density at radius 3 is 1.91 bits per heavy atom. The zero-order valence-electron chi connectivity index (χ0n) is 19.7. The second-order valence-corrected chi connectivity index (χ2v) is 10.1. The molecule has 0 amide bonds. The second kappa shape index (κ2) is 9.33. The van der Waals surface area contributed by atoms with Gasteiger partial charge in [0.1, 0.15) is 19.3 Å². The monoisotopic (exact) mass is 474 g/mol. The van der Waals surface area contributed by atoms with Crippen molar-refractivity contribution in [1.29, 1.82) is 0 Å². The largest absolute Gasteiger partial charge is 0.462 e. The van der Waals surface area contributed by atoms with Gasteiger partial charge in [0.15, 0.2) is 0 Å². The van der Waals surface area contributed by atoms with Crippen LogP contribution < -0.4 is 0 Å². The molecule has 1 aliphatic heterocycles. The van der Waals surface area contributed by atoms with Gasteiger partial charge in [-0.15, -0.1) is 0 Å². The van der Waals surface area contributed by atoms with E-state index in [-0.39, 0.29) is 25.6 Å². The van der Waals surface area contributed by atoms with E-state index in [9.17, 15) is 14.4 Å². The van der Waals surface area contributed by atoms with Crippen LogP contribution in [-0.2, 0) is 41.8 Å². The van der Waals surface area contributed by atoms with Crippen molar-refractivity contribution in [3.05, 3.63) is 83.9 Å². The lowest BCUT2D eigenvalue weighted by atomic mass is 9.47. The molecule has 0 spiro atoms. The van der Waals surface area contributed by atoms with Crippen molar-refractivity contribution in [2.45, 2.75) is 57.8 Å². The van der Waals surface area contributed by atoms with Gasteiger partial charge in [0, 0.05) is 12.3 Å². The molecule has 2 aromatic carbocycles. The van der Waals surface area contributed by atoms with Crippen molar-refractivity contribution in [2.24, 2.45) is 16.7 Å². The third-order valence-electron chi connectivity index (χ3n) is 7.84. The first-order valence-electron chi connectivity index (χ1n) is 12.2. The van der Waals surface area contributed by atoms with Gasteiger partial charge >= 0.3 is 17.9 Å². The van der Waals surface area contributed by atoms with Gasteiger partial charge in [0.25, 0.3) is 0 Å². The molecule has 0 bridgehead atoms. The van der Waals surface area contributed by atoms with Gasteiger partial charge in [-0.1, -0.05) is 79.2 Å². The zero-order valence-corrected chi connectivity index (χ0v) is 19.7. The van der Waals surface area contributed by atoms with Crippen molar-refractivity contribution >= 4 is 17.9 Å². The molecule has 6 heteroatoms. The van der Waals surface area contributed by atoms with Crippen molar-refractivity contribution in [2.75, 3.05) is 0 Å². The topological polar surface area (TPSA) is 78.9 Å². The summed E-state index contributed by atoms with van der Waals surface area (Å²) in [5.74, 6) is -1.71. The molecule has 0 N–H and O–H groups in total. The molecule has 3 fully saturated rings. The summed E-state index contributed by atoms with van der Waals surface area (Å²) in [5, 5.41) is 0. The summed E-state index contributed by atoms with van der Waals surface area (Å²) in [6.07, 6.45) is 1.85. The van der Waals surface area contributed by atoms with E-state index in [0.717, 1.165) is 16.7 Å². The Bertz CT molecular complexity index is 1040. The molecule has 2 aliphatic carbocycles. The smallest absolute Gasteiger partial charge is 0.313 e. The normalized spacial score (nSPS) is 29.5. The Labute approximate surface area is 205 Å². The Morgan fingerprint density at radius 1 is 0.857 bits per heavy atom. The van der Waals surface area contributed by atoms with E-state index in [1.807, 2.05) is 60.7 Å². The Hall–Kier alpha value is -3.41. The van der Waals surface area contributed by atoms with Crippen LogP contribution in [0.4, 0.5) is 0 Å². The fourth-order valence-corrected chi connectivity index (χ4v) is 6.50. The predicted molar refractivity (Wildman–Crippen MR) is 128 cm³/mol. The van der Waals surface area contributed by atoms with E-state index in [0.29, 0.717) is 32.1 Å². The van der Waals surface area contributed by atoms with E-state index in [1.54, 1.807) is 0 Å². The van der Waals surface area contributed by atoms with E-state index < -0.39 is 34.8 Å². The molecule has 1 heterocycles. The zero-order chi connectivity index (χ0) is 24.5. The maximum Gasteiger partial charge on any atom is 0.313 e. The number of hydrogen-bond donors (Lipinski definition) is 0. The fraction of sp³-hybridized carbons (Fsp3) is 0.414. The molecule has 4 atom stereocenters. The number of esters is 3. The highest BCUT2D eigenvalue weighted by atomic mass is 16.6. The predicted octanol–water partition coefficient (Wildman–Crippen LogP) is 4.91. The van der Waals surface area contributed by atoms with Gasteiger partial charge in [0.05, 0.1) is 17.3 Å². The summed E-state index contributed by atoms with van der Waals surface area (Å²) in [6.45, 7) is 4.42. The first-order valence-corrected chi connectivity index (χ1v) is 12.2. The quantitative estimate of drug-likeness (QED) is 0.336. The maximum absolute atomic E-state index is 13.8. The van der Waals surface area contributed by atoms with Crippen LogP contribution in [0.25, 0.3) is 0 Å². The maximum atomic E-state index is 13.8. The highest BCUT2D eigenvalue weighted by Gasteiger charge is 2.69. The average molecular weight is 475 g/mol. The fourth-order valence-electron chi connectivity index (χ4n) is 6.50. The van der Waals surface area contributed by atoms with Crippen molar-refractivity contribution in [1.82, 2.24) is 0 Å². The minimum absolute atomic E-state index is 0.0814. The molecule has 3 unspecified atom stereocenters. The molecule has 182 valence electrons. The van der Waals surface area contributed by atoms with Crippen LogP contribution in [0, 0.1) is 16.7 Å². The number of hydrogen-bond acceptors (Lipinski definition) is 6. The van der Waals surface area contributed by atoms with Gasteiger partial charge in [0.2, 0.25) is 0 Å². The lowest BCUT2D eigenvalue weighted by Crippen LogP contribution is -2.64. The van der Waals surface area contributed by atoms with Crippen molar-refractivity contribution in [3.8, 4) is 0 Å². The van der Waals surface area contributed by atoms with Gasteiger partial charge < -0.3 is 14.2 Å². The molecule has 1 saturated heterocycles. The minimum Gasteiger partial charge on any atom is -0.462 e. The van der Waals surface area contributed by atoms with Gasteiger partial charge in [-0.25, -0.2) is 0 Å². The SMILES string of the molecule is C=C1C[C@@H]2OC(=O)CC3(C(=O)OCc4ccccc4)CCCC(C(=O)OCc4ccccc4)(C1)C23. The standard InChI is InChI=1S/C29H30O6/c1-20-15-23-25-28(16-20,26(31)33-18-21-9-4-2-5-10-21)13-8-14-29(25,17-24(30)35-23)27(32)34-19-22-11-6-3-7-12-22/h2-7,9-12,23,25H,1,8,13-19H2/t23-,25?,28?,29?/m0/s1. The van der Waals surface area contributed by atoms with E-state index in [4.69, 9.17) is 14.2 Å². The number of carbonyl (C=O) groups excluding carboxylic acids is 3. The summed E-state index contributed by atoms with van der Waals surface area (Å²) >= 11 is 0. The molecule has 0 radical (unpaired) electrons. The summed E-state index contributed by atoms with van der Waals surface area (Å²) < 4.78 is 17.4. The Morgan fingerprint density at radius 2 is 1.37 bits per heavy atom. The number of carbonyl (C=O) groups is 3. The molecule has 5 rings (SSSR count). The molecule has 35 heavy (non-hydrogen) atoms. The second-order valence-electron chi connectivity index (χ2n) is 10.1. The van der Waals surface area contributed by atoms with Crippen LogP contribution >= 0.6 is 0 Å². The third-order valence-corrected chi connectivity index (χ3v) is 7.84. The van der Waals surface area contributed by atoms with E-state index in [2.05, 4.69) is 6.58 Å². The Kier molecular flexibility index (Phi) is 6.22. The van der Waals surface area contributed by atoms with Crippen LogP contribution in [-0.4, -0.2) is 24.0 Å². The lowest BCUT2D eigenvalue weighted by molar-refractivity contribution is -0.220. The lowest BCUT2D eigenvalue weighted by Gasteiger charge is -2.58. The molecule has 2 aromatic rings. The summed E-state index contributed by atoms with van der Waals surface area (Å²) in [7, 11) is 0. The number of benzene rings is 2. The molecule has 6 nitrogen and oxygen atoms in total. The number of ether oxygens (including phenoxy) is 3. The molecular weight excluding hydrogens is 444 g/mol. The first-order chi connectivity index (χ1) is 16.9. The minimum atomic E-state index is -1.11. The van der Waals surface area contributed by atoms with Crippen molar-refractivity contribution in [3.63, 3.8) is 0 Å². The van der Waals surface area contributed by atoms with Gasteiger partial charge in [-0.05, 0) is 30.4 Å². The summed E-state index contributed by atoms with van der Waals surface area (Å²) in [5.41, 5.74) is 0.515. The highest BCUT2D eigenvalue weighted by molar-refractivity contribution is 5.88. The Balaban J connectivity index is 1.46. The molecule has 3 aliphatic rings. The van der Waals surface area contributed by atoms with Crippen LogP contribution in [0.1, 0.15) is 49.7 Å². The summed E-state index contributed by atoms with van der Waals surface area (Å²) in [6, 6.07) is 19.0. The van der Waals surface area contributed by atoms with Gasteiger partial charge in [-0.2, -0.15) is 0 Å². The molecular formula is C29H30O6. The van der Waals surface area contributed by atoms with Crippen LogP contribution in [0.15, 0.2) is 72.8 Å². The third kappa shape index (κ3) is 4.26. The highest BCUT2D eigenvalue weighted by Crippen LogP contribution is 2.63. The van der Waals surface area contributed by atoms with Crippen LogP contribution in [0.5, 0.6) is 0 Å². The van der Waals surface area contributed by atoms with E-state index >= 15 is 0 Å².